The summed E-state index contributed by atoms with van der Waals surface area (Å²) >= 11 is 0. The van der Waals surface area contributed by atoms with Crippen molar-refractivity contribution in [3.8, 4) is 0 Å². The summed E-state index contributed by atoms with van der Waals surface area (Å²) in [5.74, 6) is 0.610. The first-order valence-corrected chi connectivity index (χ1v) is 4.71. The van der Waals surface area contributed by atoms with E-state index in [0.717, 1.165) is 12.8 Å². The summed E-state index contributed by atoms with van der Waals surface area (Å²) in [6.45, 7) is 4.35. The van der Waals surface area contributed by atoms with Gasteiger partial charge in [0.25, 0.3) is 0 Å². The van der Waals surface area contributed by atoms with Crippen molar-refractivity contribution in [2.24, 2.45) is 11.3 Å². The van der Waals surface area contributed by atoms with E-state index in [0.29, 0.717) is 5.92 Å². The summed E-state index contributed by atoms with van der Waals surface area (Å²) in [5, 5.41) is 0. The minimum Gasteiger partial charge on any atom is -0.303 e. The van der Waals surface area contributed by atoms with Crippen molar-refractivity contribution in [1.82, 2.24) is 0 Å². The number of carbonyl (C=O) groups is 1. The molecule has 1 aliphatic rings. The van der Waals surface area contributed by atoms with Gasteiger partial charge in [0.15, 0.2) is 0 Å². The van der Waals surface area contributed by atoms with Gasteiger partial charge in [-0.05, 0) is 25.2 Å². The van der Waals surface area contributed by atoms with E-state index in [1.807, 2.05) is 0 Å². The zero-order chi connectivity index (χ0) is 8.32. The highest BCUT2D eigenvalue weighted by atomic mass is 16.1. The second-order valence-electron chi connectivity index (χ2n) is 3.85. The van der Waals surface area contributed by atoms with Gasteiger partial charge in [-0.2, -0.15) is 0 Å². The monoisotopic (exact) mass is 154 g/mol. The topological polar surface area (TPSA) is 17.1 Å². The van der Waals surface area contributed by atoms with Crippen LogP contribution in [0.5, 0.6) is 0 Å². The molecule has 2 unspecified atom stereocenters. The molecular weight excluding hydrogens is 136 g/mol. The average molecular weight is 154 g/mol. The van der Waals surface area contributed by atoms with Crippen molar-refractivity contribution in [3.05, 3.63) is 0 Å². The first-order chi connectivity index (χ1) is 5.25. The number of carbonyl (C=O) groups excluding carboxylic acids is 1. The van der Waals surface area contributed by atoms with Crippen LogP contribution in [0.4, 0.5) is 0 Å². The molecule has 0 aromatic heterocycles. The molecule has 1 fully saturated rings. The van der Waals surface area contributed by atoms with Gasteiger partial charge >= 0.3 is 0 Å². The lowest BCUT2D eigenvalue weighted by Crippen LogP contribution is -2.32. The van der Waals surface area contributed by atoms with E-state index < -0.39 is 0 Å². The predicted octanol–water partition coefficient (Wildman–Crippen LogP) is 2.79. The predicted molar refractivity (Wildman–Crippen MR) is 46.4 cm³/mol. The highest BCUT2D eigenvalue weighted by Gasteiger charge is 2.35. The van der Waals surface area contributed by atoms with Crippen LogP contribution >= 0.6 is 0 Å². The van der Waals surface area contributed by atoms with Crippen LogP contribution in [0, 0.1) is 11.3 Å². The van der Waals surface area contributed by atoms with E-state index in [1.165, 1.54) is 25.5 Å². The fraction of sp³-hybridized carbons (Fsp3) is 0.900. The van der Waals surface area contributed by atoms with Gasteiger partial charge in [0, 0.05) is 5.41 Å². The van der Waals surface area contributed by atoms with Gasteiger partial charge in [-0.25, -0.2) is 0 Å². The van der Waals surface area contributed by atoms with Crippen molar-refractivity contribution in [2.45, 2.75) is 46.0 Å². The summed E-state index contributed by atoms with van der Waals surface area (Å²) in [6.07, 6.45) is 7.16. The molecule has 11 heavy (non-hydrogen) atoms. The highest BCUT2D eigenvalue weighted by molar-refractivity contribution is 5.60. The number of hydrogen-bond acceptors (Lipinski definition) is 1. The van der Waals surface area contributed by atoms with Crippen LogP contribution in [0.3, 0.4) is 0 Å². The summed E-state index contributed by atoms with van der Waals surface area (Å²) in [6, 6.07) is 0. The SMILES string of the molecule is CCC1(C=O)CCCCC1C. The molecule has 0 bridgehead atoms. The molecule has 1 aliphatic carbocycles. The lowest BCUT2D eigenvalue weighted by Gasteiger charge is -2.37. The molecule has 2 atom stereocenters. The second kappa shape index (κ2) is 3.38. The van der Waals surface area contributed by atoms with Crippen LogP contribution in [0.1, 0.15) is 46.0 Å². The Kier molecular flexibility index (Phi) is 2.69. The Hall–Kier alpha value is -0.330. The largest absolute Gasteiger partial charge is 0.303 e. The van der Waals surface area contributed by atoms with Gasteiger partial charge < -0.3 is 4.79 Å². The minimum atomic E-state index is 0.0399. The van der Waals surface area contributed by atoms with Gasteiger partial charge in [-0.1, -0.05) is 26.7 Å². The molecule has 1 heteroatoms. The number of hydrogen-bond donors (Lipinski definition) is 0. The van der Waals surface area contributed by atoms with Crippen LogP contribution in [-0.4, -0.2) is 6.29 Å². The number of rotatable bonds is 2. The van der Waals surface area contributed by atoms with E-state index in [4.69, 9.17) is 0 Å². The lowest BCUT2D eigenvalue weighted by atomic mass is 9.66. The molecule has 64 valence electrons. The Morgan fingerprint density at radius 3 is 2.64 bits per heavy atom. The van der Waals surface area contributed by atoms with Crippen LogP contribution in [-0.2, 0) is 4.79 Å². The van der Waals surface area contributed by atoms with Gasteiger partial charge in [0.1, 0.15) is 6.29 Å². The standard InChI is InChI=1S/C10H18O/c1-3-10(8-11)7-5-4-6-9(10)2/h8-9H,3-7H2,1-2H3. The molecule has 1 rings (SSSR count). The maximum atomic E-state index is 10.9. The van der Waals surface area contributed by atoms with Crippen LogP contribution in [0.15, 0.2) is 0 Å². The van der Waals surface area contributed by atoms with Gasteiger partial charge in [0.05, 0.1) is 0 Å². The Bertz CT molecular complexity index is 142. The summed E-state index contributed by atoms with van der Waals surface area (Å²) in [7, 11) is 0. The Balaban J connectivity index is 2.69. The van der Waals surface area contributed by atoms with Gasteiger partial charge in [-0.15, -0.1) is 0 Å². The quantitative estimate of drug-likeness (QED) is 0.559. The van der Waals surface area contributed by atoms with E-state index in [9.17, 15) is 4.79 Å². The van der Waals surface area contributed by atoms with Crippen LogP contribution in [0.2, 0.25) is 0 Å². The van der Waals surface area contributed by atoms with Crippen molar-refractivity contribution in [2.75, 3.05) is 0 Å². The fourth-order valence-corrected chi connectivity index (χ4v) is 2.22. The Morgan fingerprint density at radius 2 is 2.27 bits per heavy atom. The van der Waals surface area contributed by atoms with Crippen molar-refractivity contribution < 1.29 is 4.79 Å². The van der Waals surface area contributed by atoms with Crippen molar-refractivity contribution in [1.29, 1.82) is 0 Å². The molecule has 0 N–H and O–H groups in total. The first kappa shape index (κ1) is 8.76. The normalized spacial score (nSPS) is 38.5. The molecule has 0 aromatic rings. The molecule has 0 aromatic carbocycles. The van der Waals surface area contributed by atoms with E-state index in [-0.39, 0.29) is 5.41 Å². The third-order valence-corrected chi connectivity index (χ3v) is 3.40. The lowest BCUT2D eigenvalue weighted by molar-refractivity contribution is -0.120. The smallest absolute Gasteiger partial charge is 0.126 e. The zero-order valence-corrected chi connectivity index (χ0v) is 7.60. The van der Waals surface area contributed by atoms with Crippen LogP contribution < -0.4 is 0 Å². The molecule has 0 spiro atoms. The maximum absolute atomic E-state index is 10.9. The average Bonchev–Trinajstić information content (AvgIpc) is 2.06. The van der Waals surface area contributed by atoms with E-state index in [2.05, 4.69) is 13.8 Å². The molecule has 0 radical (unpaired) electrons. The van der Waals surface area contributed by atoms with Crippen LogP contribution in [0.25, 0.3) is 0 Å². The van der Waals surface area contributed by atoms with Gasteiger partial charge in [-0.3, -0.25) is 0 Å². The second-order valence-corrected chi connectivity index (χ2v) is 3.85. The number of aldehydes is 1. The van der Waals surface area contributed by atoms with Crippen molar-refractivity contribution in [3.63, 3.8) is 0 Å². The highest BCUT2D eigenvalue weighted by Crippen LogP contribution is 2.41. The molecule has 0 heterocycles. The fourth-order valence-electron chi connectivity index (χ4n) is 2.22. The molecule has 1 saturated carbocycles. The molecule has 0 saturated heterocycles. The molecular formula is C10H18O. The van der Waals surface area contributed by atoms with Gasteiger partial charge in [0.2, 0.25) is 0 Å². The zero-order valence-electron chi connectivity index (χ0n) is 7.60. The maximum Gasteiger partial charge on any atom is 0.126 e. The first-order valence-electron chi connectivity index (χ1n) is 4.71. The minimum absolute atomic E-state index is 0.0399. The third kappa shape index (κ3) is 1.47. The van der Waals surface area contributed by atoms with E-state index >= 15 is 0 Å². The summed E-state index contributed by atoms with van der Waals surface area (Å²) < 4.78 is 0. The Morgan fingerprint density at radius 1 is 1.55 bits per heavy atom. The molecule has 0 amide bonds. The van der Waals surface area contributed by atoms with E-state index in [1.54, 1.807) is 0 Å². The summed E-state index contributed by atoms with van der Waals surface area (Å²) in [4.78, 5) is 10.9. The van der Waals surface area contributed by atoms with Crippen molar-refractivity contribution >= 4 is 6.29 Å². The molecule has 0 aliphatic heterocycles. The summed E-state index contributed by atoms with van der Waals surface area (Å²) in [5.41, 5.74) is 0.0399. The Labute approximate surface area is 69.2 Å². The molecule has 1 nitrogen and oxygen atoms in total. The third-order valence-electron chi connectivity index (χ3n) is 3.40.